The number of aromatic nitrogens is 1. The molecule has 1 aromatic heterocycles. The van der Waals surface area contributed by atoms with Gasteiger partial charge in [-0.05, 0) is 52.9 Å². The molecule has 1 fully saturated rings. The third-order valence-electron chi connectivity index (χ3n) is 3.95. The number of nitrogens with zero attached hydrogens (tertiary/aromatic N) is 3. The SMILES string of the molecule is CN(C)C1CCN(c2cc(CNC(C)(C)C)c(Cl)cn2)C1. The van der Waals surface area contributed by atoms with Crippen LogP contribution in [-0.4, -0.2) is 48.6 Å². The fraction of sp³-hybridized carbons (Fsp3) is 0.688. The number of hydrogen-bond donors (Lipinski definition) is 1. The van der Waals surface area contributed by atoms with Crippen LogP contribution < -0.4 is 10.2 Å². The van der Waals surface area contributed by atoms with Gasteiger partial charge in [-0.1, -0.05) is 11.6 Å². The first-order chi connectivity index (χ1) is 9.76. The average molecular weight is 311 g/mol. The zero-order valence-electron chi connectivity index (χ0n) is 13.8. The second-order valence-corrected chi connectivity index (χ2v) is 7.50. The van der Waals surface area contributed by atoms with E-state index in [1.807, 2.05) is 0 Å². The molecule has 0 spiro atoms. The molecule has 1 aliphatic heterocycles. The molecular formula is C16H27ClN4. The maximum absolute atomic E-state index is 6.28. The highest BCUT2D eigenvalue weighted by molar-refractivity contribution is 6.31. The summed E-state index contributed by atoms with van der Waals surface area (Å²) in [6.07, 6.45) is 2.96. The first-order valence-electron chi connectivity index (χ1n) is 7.57. The Bertz CT molecular complexity index is 482. The lowest BCUT2D eigenvalue weighted by molar-refractivity contribution is 0.315. The van der Waals surface area contributed by atoms with Gasteiger partial charge in [0.15, 0.2) is 0 Å². The Hall–Kier alpha value is -0.840. The van der Waals surface area contributed by atoms with Gasteiger partial charge in [0.05, 0.1) is 5.02 Å². The van der Waals surface area contributed by atoms with Crippen LogP contribution in [0.25, 0.3) is 0 Å². The summed E-state index contributed by atoms with van der Waals surface area (Å²) in [5, 5.41) is 4.22. The molecule has 1 aliphatic rings. The van der Waals surface area contributed by atoms with Crippen molar-refractivity contribution in [3.05, 3.63) is 22.8 Å². The lowest BCUT2D eigenvalue weighted by Crippen LogP contribution is -2.35. The molecule has 2 rings (SSSR count). The van der Waals surface area contributed by atoms with E-state index in [0.29, 0.717) is 6.04 Å². The average Bonchev–Trinajstić information content (AvgIpc) is 2.86. The Balaban J connectivity index is 2.08. The summed E-state index contributed by atoms with van der Waals surface area (Å²) in [4.78, 5) is 9.15. The number of anilines is 1. The van der Waals surface area contributed by atoms with E-state index in [1.54, 1.807) is 6.20 Å². The van der Waals surface area contributed by atoms with Crippen LogP contribution in [0.4, 0.5) is 5.82 Å². The fourth-order valence-corrected chi connectivity index (χ4v) is 2.68. The van der Waals surface area contributed by atoms with Crippen LogP contribution >= 0.6 is 11.6 Å². The summed E-state index contributed by atoms with van der Waals surface area (Å²) in [5.41, 5.74) is 1.20. The van der Waals surface area contributed by atoms with Crippen molar-refractivity contribution in [2.75, 3.05) is 32.1 Å². The minimum Gasteiger partial charge on any atom is -0.355 e. The van der Waals surface area contributed by atoms with E-state index in [2.05, 4.69) is 61.0 Å². The Morgan fingerprint density at radius 1 is 1.43 bits per heavy atom. The Morgan fingerprint density at radius 2 is 2.14 bits per heavy atom. The maximum atomic E-state index is 6.28. The summed E-state index contributed by atoms with van der Waals surface area (Å²) < 4.78 is 0. The maximum Gasteiger partial charge on any atom is 0.128 e. The molecule has 2 heterocycles. The minimum absolute atomic E-state index is 0.0798. The second-order valence-electron chi connectivity index (χ2n) is 7.09. The molecule has 1 atom stereocenters. The van der Waals surface area contributed by atoms with Crippen LogP contribution in [0.15, 0.2) is 12.3 Å². The molecule has 0 aromatic carbocycles. The fourth-order valence-electron chi connectivity index (χ4n) is 2.51. The van der Waals surface area contributed by atoms with Crippen LogP contribution in [-0.2, 0) is 6.54 Å². The molecule has 1 aromatic rings. The molecule has 0 aliphatic carbocycles. The number of nitrogens with one attached hydrogen (secondary N) is 1. The molecule has 0 amide bonds. The monoisotopic (exact) mass is 310 g/mol. The molecule has 0 radical (unpaired) electrons. The zero-order valence-corrected chi connectivity index (χ0v) is 14.5. The van der Waals surface area contributed by atoms with Gasteiger partial charge >= 0.3 is 0 Å². The van der Waals surface area contributed by atoms with Crippen molar-refractivity contribution in [3.63, 3.8) is 0 Å². The predicted molar refractivity (Wildman–Crippen MR) is 90.1 cm³/mol. The van der Waals surface area contributed by atoms with Crippen LogP contribution in [0.5, 0.6) is 0 Å². The summed E-state index contributed by atoms with van der Waals surface area (Å²) in [7, 11) is 4.28. The van der Waals surface area contributed by atoms with Gasteiger partial charge in [-0.15, -0.1) is 0 Å². The topological polar surface area (TPSA) is 31.4 Å². The first kappa shape index (κ1) is 16.5. The van der Waals surface area contributed by atoms with E-state index >= 15 is 0 Å². The molecular weight excluding hydrogens is 284 g/mol. The third kappa shape index (κ3) is 4.56. The highest BCUT2D eigenvalue weighted by Gasteiger charge is 2.25. The van der Waals surface area contributed by atoms with E-state index in [9.17, 15) is 0 Å². The van der Waals surface area contributed by atoms with E-state index in [0.717, 1.165) is 36.0 Å². The van der Waals surface area contributed by atoms with Crippen LogP contribution in [0.3, 0.4) is 0 Å². The van der Waals surface area contributed by atoms with Gasteiger partial charge < -0.3 is 15.1 Å². The molecule has 1 N–H and O–H groups in total. The van der Waals surface area contributed by atoms with Gasteiger partial charge in [0.25, 0.3) is 0 Å². The van der Waals surface area contributed by atoms with Gasteiger partial charge in [0.2, 0.25) is 0 Å². The van der Waals surface area contributed by atoms with Crippen molar-refractivity contribution < 1.29 is 0 Å². The number of hydrogen-bond acceptors (Lipinski definition) is 4. The molecule has 118 valence electrons. The van der Waals surface area contributed by atoms with Crippen molar-refractivity contribution in [3.8, 4) is 0 Å². The van der Waals surface area contributed by atoms with E-state index < -0.39 is 0 Å². The van der Waals surface area contributed by atoms with Crippen molar-refractivity contribution in [2.45, 2.75) is 45.3 Å². The molecule has 0 saturated carbocycles. The highest BCUT2D eigenvalue weighted by Crippen LogP contribution is 2.24. The van der Waals surface area contributed by atoms with Crippen molar-refractivity contribution in [1.29, 1.82) is 0 Å². The van der Waals surface area contributed by atoms with E-state index in [-0.39, 0.29) is 5.54 Å². The quantitative estimate of drug-likeness (QED) is 0.926. The van der Waals surface area contributed by atoms with Crippen molar-refractivity contribution >= 4 is 17.4 Å². The van der Waals surface area contributed by atoms with E-state index in [4.69, 9.17) is 11.6 Å². The smallest absolute Gasteiger partial charge is 0.128 e. The van der Waals surface area contributed by atoms with Crippen molar-refractivity contribution in [2.24, 2.45) is 0 Å². The largest absolute Gasteiger partial charge is 0.355 e. The van der Waals surface area contributed by atoms with E-state index in [1.165, 1.54) is 6.42 Å². The Kier molecular flexibility index (Phi) is 5.12. The van der Waals surface area contributed by atoms with Gasteiger partial charge in [0.1, 0.15) is 5.82 Å². The molecule has 21 heavy (non-hydrogen) atoms. The van der Waals surface area contributed by atoms with Gasteiger partial charge in [-0.3, -0.25) is 0 Å². The second kappa shape index (κ2) is 6.51. The number of rotatable bonds is 4. The van der Waals surface area contributed by atoms with Crippen molar-refractivity contribution in [1.82, 2.24) is 15.2 Å². The molecule has 5 heteroatoms. The van der Waals surface area contributed by atoms with Crippen LogP contribution in [0, 0.1) is 0 Å². The van der Waals surface area contributed by atoms with Gasteiger partial charge in [-0.25, -0.2) is 4.98 Å². The summed E-state index contributed by atoms with van der Waals surface area (Å²) in [6.45, 7) is 9.33. The van der Waals surface area contributed by atoms with Gasteiger partial charge in [0, 0.05) is 37.4 Å². The third-order valence-corrected chi connectivity index (χ3v) is 4.29. The lowest BCUT2D eigenvalue weighted by Gasteiger charge is -2.23. The van der Waals surface area contributed by atoms with Gasteiger partial charge in [-0.2, -0.15) is 0 Å². The summed E-state index contributed by atoms with van der Waals surface area (Å²) in [6, 6.07) is 2.73. The number of likely N-dealkylation sites (N-methyl/N-ethyl adjacent to an activating group) is 1. The summed E-state index contributed by atoms with van der Waals surface area (Å²) in [5.74, 6) is 1.04. The van der Waals surface area contributed by atoms with Crippen LogP contribution in [0.1, 0.15) is 32.8 Å². The Morgan fingerprint density at radius 3 is 2.71 bits per heavy atom. The van der Waals surface area contributed by atoms with Crippen LogP contribution in [0.2, 0.25) is 5.02 Å². The molecule has 1 unspecified atom stereocenters. The standard InChI is InChI=1S/C16H27ClN4/c1-16(2,3)19-9-12-8-15(18-10-14(12)17)21-7-6-13(11-21)20(4)5/h8,10,13,19H,6-7,9,11H2,1-5H3. The number of halogens is 1. The highest BCUT2D eigenvalue weighted by atomic mass is 35.5. The zero-order chi connectivity index (χ0) is 15.6. The minimum atomic E-state index is 0.0798. The molecule has 4 nitrogen and oxygen atoms in total. The summed E-state index contributed by atoms with van der Waals surface area (Å²) >= 11 is 6.28. The number of pyridine rings is 1. The predicted octanol–water partition coefficient (Wildman–Crippen LogP) is 2.76. The lowest BCUT2D eigenvalue weighted by atomic mass is 10.1. The normalized spacial score (nSPS) is 19.6. The Labute approximate surface area is 133 Å². The molecule has 1 saturated heterocycles. The molecule has 0 bridgehead atoms. The first-order valence-corrected chi connectivity index (χ1v) is 7.95.